The normalized spacial score (nSPS) is 15.6. The lowest BCUT2D eigenvalue weighted by Gasteiger charge is -2.32. The Morgan fingerprint density at radius 2 is 1.82 bits per heavy atom. The Balaban J connectivity index is 1.65. The number of rotatable bonds is 3. The molecule has 0 fully saturated rings. The van der Waals surface area contributed by atoms with Crippen molar-refractivity contribution in [3.63, 3.8) is 0 Å². The summed E-state index contributed by atoms with van der Waals surface area (Å²) >= 11 is 1.32. The summed E-state index contributed by atoms with van der Waals surface area (Å²) in [6.45, 7) is 0.136. The Morgan fingerprint density at radius 3 is 2.65 bits per heavy atom. The number of aromatic amines is 1. The molecule has 0 bridgehead atoms. The van der Waals surface area contributed by atoms with Crippen molar-refractivity contribution in [3.8, 4) is 22.8 Å². The maximum Gasteiger partial charge on any atom is 0.325 e. The highest BCUT2D eigenvalue weighted by molar-refractivity contribution is 7.98. The van der Waals surface area contributed by atoms with Crippen molar-refractivity contribution in [3.05, 3.63) is 94.3 Å². The maximum atomic E-state index is 14.0. The van der Waals surface area contributed by atoms with Crippen molar-refractivity contribution in [2.24, 2.45) is 0 Å². The predicted molar refractivity (Wildman–Crippen MR) is 126 cm³/mol. The average molecular weight is 472 g/mol. The molecule has 34 heavy (non-hydrogen) atoms. The fourth-order valence-electron chi connectivity index (χ4n) is 4.38. The number of benzene rings is 3. The van der Waals surface area contributed by atoms with Crippen LogP contribution in [-0.4, -0.2) is 29.0 Å². The van der Waals surface area contributed by atoms with Crippen molar-refractivity contribution in [2.45, 2.75) is 11.3 Å². The molecule has 0 saturated heterocycles. The molecule has 3 heterocycles. The quantitative estimate of drug-likeness (QED) is 0.364. The zero-order valence-corrected chi connectivity index (χ0v) is 18.9. The molecule has 0 unspecified atom stereocenters. The number of amides is 1. The van der Waals surface area contributed by atoms with Gasteiger partial charge in [0.15, 0.2) is 11.5 Å². The molecular weight excluding hydrogens is 452 g/mol. The standard InChI is InChI=1S/C25H18N4O4S/c1-34-25-26-22(30)21-17-9-5-6-10-18(17)28(24(31)15-7-3-2-4-8-15)23(29(21)27-25)16-11-12-19-20(13-16)33-14-32-19/h2-13,23H,14H2,1H3/p+1/t23-/m1/s1. The first-order valence-corrected chi connectivity index (χ1v) is 11.9. The molecule has 8 nitrogen and oxygen atoms in total. The Bertz CT molecular complexity index is 1490. The van der Waals surface area contributed by atoms with Crippen molar-refractivity contribution in [1.29, 1.82) is 0 Å². The van der Waals surface area contributed by atoms with Crippen molar-refractivity contribution < 1.29 is 19.0 Å². The lowest BCUT2D eigenvalue weighted by atomic mass is 10.00. The monoisotopic (exact) mass is 471 g/mol. The van der Waals surface area contributed by atoms with Gasteiger partial charge >= 0.3 is 11.3 Å². The van der Waals surface area contributed by atoms with Crippen molar-refractivity contribution in [2.75, 3.05) is 17.9 Å². The lowest BCUT2D eigenvalue weighted by molar-refractivity contribution is -0.763. The molecule has 9 heteroatoms. The zero-order valence-electron chi connectivity index (χ0n) is 18.1. The van der Waals surface area contributed by atoms with Gasteiger partial charge in [-0.1, -0.05) is 42.1 Å². The number of ether oxygens (including phenoxy) is 2. The van der Waals surface area contributed by atoms with Crippen LogP contribution in [0.1, 0.15) is 22.1 Å². The first-order chi connectivity index (χ1) is 16.7. The van der Waals surface area contributed by atoms with Crippen LogP contribution in [0.3, 0.4) is 0 Å². The van der Waals surface area contributed by atoms with Crippen LogP contribution in [0, 0.1) is 0 Å². The van der Waals surface area contributed by atoms with E-state index in [2.05, 4.69) is 4.98 Å². The lowest BCUT2D eigenvalue weighted by Crippen LogP contribution is -2.60. The summed E-state index contributed by atoms with van der Waals surface area (Å²) in [6, 6.07) is 22.0. The van der Waals surface area contributed by atoms with Gasteiger partial charge in [-0.15, -0.1) is 0 Å². The number of carbonyl (C=O) groups is 1. The first kappa shape index (κ1) is 20.5. The van der Waals surface area contributed by atoms with Gasteiger partial charge in [-0.3, -0.25) is 14.6 Å². The van der Waals surface area contributed by atoms with Crippen LogP contribution in [-0.2, 0) is 0 Å². The minimum atomic E-state index is -0.722. The third-order valence-corrected chi connectivity index (χ3v) is 6.46. The van der Waals surface area contributed by atoms with Crippen LogP contribution in [0.25, 0.3) is 11.3 Å². The second-order valence-corrected chi connectivity index (χ2v) is 8.60. The number of anilines is 1. The molecule has 1 N–H and O–H groups in total. The highest BCUT2D eigenvalue weighted by Crippen LogP contribution is 2.41. The molecule has 0 aliphatic carbocycles. The van der Waals surface area contributed by atoms with Gasteiger partial charge in [0, 0.05) is 16.2 Å². The Labute approximate surface area is 198 Å². The summed E-state index contributed by atoms with van der Waals surface area (Å²) in [5.74, 6) is 1.01. The molecule has 4 aromatic rings. The van der Waals surface area contributed by atoms with E-state index < -0.39 is 6.17 Å². The largest absolute Gasteiger partial charge is 0.454 e. The first-order valence-electron chi connectivity index (χ1n) is 10.6. The topological polar surface area (TPSA) is 88.4 Å². The predicted octanol–water partition coefficient (Wildman–Crippen LogP) is 3.38. The molecule has 6 rings (SSSR count). The van der Waals surface area contributed by atoms with E-state index in [-0.39, 0.29) is 18.3 Å². The molecule has 168 valence electrons. The van der Waals surface area contributed by atoms with Crippen LogP contribution in [0.15, 0.2) is 82.7 Å². The van der Waals surface area contributed by atoms with E-state index in [0.717, 1.165) is 5.56 Å². The number of para-hydroxylation sites is 1. The minimum Gasteiger partial charge on any atom is -0.454 e. The third-order valence-electron chi connectivity index (χ3n) is 5.89. The Morgan fingerprint density at radius 1 is 1.06 bits per heavy atom. The number of fused-ring (bicyclic) bond motifs is 4. The SMILES string of the molecule is CSc1n[n+]2c(c(=O)[nH]1)-c1ccccc1N(C(=O)c1ccccc1)[C@H]2c1ccc2c(c1)OCO2. The van der Waals surface area contributed by atoms with Gasteiger partial charge in [-0.2, -0.15) is 0 Å². The van der Waals surface area contributed by atoms with E-state index in [4.69, 9.17) is 14.6 Å². The molecule has 2 aliphatic heterocycles. The van der Waals surface area contributed by atoms with Crippen LogP contribution in [0.4, 0.5) is 5.69 Å². The highest BCUT2D eigenvalue weighted by Gasteiger charge is 2.46. The number of nitrogens with zero attached hydrogens (tertiary/aromatic N) is 3. The second-order valence-electron chi connectivity index (χ2n) is 7.80. The van der Waals surface area contributed by atoms with Gasteiger partial charge in [0.05, 0.1) is 11.3 Å². The molecule has 1 aromatic heterocycles. The molecule has 1 amide bonds. The number of nitrogens with one attached hydrogen (secondary N) is 1. The summed E-state index contributed by atoms with van der Waals surface area (Å²) in [7, 11) is 0. The van der Waals surface area contributed by atoms with Crippen LogP contribution in [0.5, 0.6) is 11.5 Å². The average Bonchev–Trinajstić information content (AvgIpc) is 3.35. The number of carbonyl (C=O) groups excluding carboxylic acids is 1. The van der Waals surface area contributed by atoms with Gasteiger partial charge in [0.25, 0.3) is 12.1 Å². The molecule has 0 radical (unpaired) electrons. The molecular formula is C25H19N4O4S+. The second kappa shape index (κ2) is 8.03. The van der Waals surface area contributed by atoms with Crippen molar-refractivity contribution in [1.82, 2.24) is 10.1 Å². The minimum absolute atomic E-state index is 0.136. The van der Waals surface area contributed by atoms with E-state index in [0.29, 0.717) is 39.2 Å². The molecule has 2 aliphatic rings. The van der Waals surface area contributed by atoms with Crippen LogP contribution < -0.4 is 24.6 Å². The molecule has 1 atom stereocenters. The number of H-pyrrole nitrogens is 1. The molecule has 0 spiro atoms. The van der Waals surface area contributed by atoms with Crippen LogP contribution in [0.2, 0.25) is 0 Å². The summed E-state index contributed by atoms with van der Waals surface area (Å²) in [6.07, 6.45) is 1.12. The Kier molecular flexibility index (Phi) is 4.84. The number of aromatic nitrogens is 3. The maximum absolute atomic E-state index is 14.0. The van der Waals surface area contributed by atoms with Gasteiger partial charge in [-0.05, 0) is 53.4 Å². The van der Waals surface area contributed by atoms with E-state index in [9.17, 15) is 9.59 Å². The van der Waals surface area contributed by atoms with E-state index >= 15 is 0 Å². The fourth-order valence-corrected chi connectivity index (χ4v) is 4.74. The number of hydrogen-bond acceptors (Lipinski definition) is 6. The number of thioether (sulfide) groups is 1. The molecule has 3 aromatic carbocycles. The van der Waals surface area contributed by atoms with E-state index in [1.165, 1.54) is 11.8 Å². The van der Waals surface area contributed by atoms with E-state index in [1.54, 1.807) is 21.7 Å². The van der Waals surface area contributed by atoms with Crippen molar-refractivity contribution >= 4 is 23.4 Å². The van der Waals surface area contributed by atoms with Gasteiger partial charge in [0.1, 0.15) is 0 Å². The summed E-state index contributed by atoms with van der Waals surface area (Å²) in [5.41, 5.74) is 2.63. The van der Waals surface area contributed by atoms with Crippen LogP contribution >= 0.6 is 11.8 Å². The highest BCUT2D eigenvalue weighted by atomic mass is 32.2. The van der Waals surface area contributed by atoms with Gasteiger partial charge < -0.3 is 9.47 Å². The smallest absolute Gasteiger partial charge is 0.325 e. The Hall–Kier alpha value is -4.11. The molecule has 0 saturated carbocycles. The van der Waals surface area contributed by atoms with E-state index in [1.807, 2.05) is 66.9 Å². The number of hydrogen-bond donors (Lipinski definition) is 1. The summed E-state index contributed by atoms with van der Waals surface area (Å²) in [4.78, 5) is 31.7. The third kappa shape index (κ3) is 3.16. The van der Waals surface area contributed by atoms with Gasteiger partial charge in [-0.25, -0.2) is 4.90 Å². The zero-order chi connectivity index (χ0) is 23.2. The fraction of sp³-hybridized carbons (Fsp3) is 0.120. The summed E-state index contributed by atoms with van der Waals surface area (Å²) < 4.78 is 12.7. The van der Waals surface area contributed by atoms with Gasteiger partial charge in [0.2, 0.25) is 11.9 Å². The summed E-state index contributed by atoms with van der Waals surface area (Å²) in [5, 5.41) is 5.18.